The van der Waals surface area contributed by atoms with Crippen molar-refractivity contribution in [3.05, 3.63) is 42.1 Å². The summed E-state index contributed by atoms with van der Waals surface area (Å²) in [7, 11) is 0. The Bertz CT molecular complexity index is 630. The van der Waals surface area contributed by atoms with Crippen molar-refractivity contribution in [3.63, 3.8) is 0 Å². The van der Waals surface area contributed by atoms with Gasteiger partial charge < -0.3 is 10.3 Å². The van der Waals surface area contributed by atoms with Gasteiger partial charge in [-0.3, -0.25) is 4.90 Å². The molecule has 1 saturated heterocycles. The van der Waals surface area contributed by atoms with Crippen LogP contribution in [0.15, 0.2) is 40.9 Å². The first kappa shape index (κ1) is 16.5. The van der Waals surface area contributed by atoms with E-state index >= 15 is 0 Å². The summed E-state index contributed by atoms with van der Waals surface area (Å²) in [4.78, 5) is 2.49. The molecule has 23 heavy (non-hydrogen) atoms. The first-order chi connectivity index (χ1) is 10.8. The Balaban J connectivity index is 0.00000156. The number of benzene rings is 1. The van der Waals surface area contributed by atoms with E-state index in [0.29, 0.717) is 12.0 Å². The fourth-order valence-electron chi connectivity index (χ4n) is 4.09. The number of hydrogen-bond acceptors (Lipinski definition) is 4. The first-order valence-electron chi connectivity index (χ1n) is 8.28. The maximum Gasteiger partial charge on any atom is 0.167 e. The summed E-state index contributed by atoms with van der Waals surface area (Å²) in [5.41, 5.74) is 8.40. The van der Waals surface area contributed by atoms with Crippen LogP contribution in [0.3, 0.4) is 0 Å². The maximum absolute atomic E-state index is 6.29. The molecule has 2 N–H and O–H groups in total. The third-order valence-electron chi connectivity index (χ3n) is 5.23. The van der Waals surface area contributed by atoms with Gasteiger partial charge in [0.2, 0.25) is 0 Å². The molecule has 1 aromatic heterocycles. The second-order valence-corrected chi connectivity index (χ2v) is 6.76. The second kappa shape index (κ2) is 7.04. The Hall–Kier alpha value is -1.36. The lowest BCUT2D eigenvalue weighted by atomic mass is 9.78. The summed E-state index contributed by atoms with van der Waals surface area (Å²) < 4.78 is 5.50. The predicted octanol–water partition coefficient (Wildman–Crippen LogP) is 3.32. The lowest BCUT2D eigenvalue weighted by molar-refractivity contribution is 0.259. The van der Waals surface area contributed by atoms with Crippen LogP contribution in [0.5, 0.6) is 0 Å². The number of nitrogens with two attached hydrogens (primary N) is 1. The Kier molecular flexibility index (Phi) is 5.05. The predicted molar refractivity (Wildman–Crippen MR) is 93.3 cm³/mol. The molecule has 2 aromatic rings. The third-order valence-corrected chi connectivity index (χ3v) is 5.23. The zero-order valence-corrected chi connectivity index (χ0v) is 14.0. The monoisotopic (exact) mass is 333 g/mol. The molecule has 2 fully saturated rings. The summed E-state index contributed by atoms with van der Waals surface area (Å²) in [5, 5.41) is 4.24. The molecule has 124 valence electrons. The fourth-order valence-corrected chi connectivity index (χ4v) is 4.09. The summed E-state index contributed by atoms with van der Waals surface area (Å²) in [6.45, 7) is 3.14. The van der Waals surface area contributed by atoms with Crippen molar-refractivity contribution in [1.29, 1.82) is 0 Å². The van der Waals surface area contributed by atoms with Crippen molar-refractivity contribution in [2.24, 2.45) is 17.6 Å². The summed E-state index contributed by atoms with van der Waals surface area (Å²) in [5.74, 6) is 2.31. The first-order valence-corrected chi connectivity index (χ1v) is 8.28. The van der Waals surface area contributed by atoms with E-state index < -0.39 is 0 Å². The van der Waals surface area contributed by atoms with Crippen LogP contribution in [0.2, 0.25) is 0 Å². The van der Waals surface area contributed by atoms with Crippen molar-refractivity contribution in [1.82, 2.24) is 10.1 Å². The van der Waals surface area contributed by atoms with Gasteiger partial charge in [0.1, 0.15) is 0 Å². The van der Waals surface area contributed by atoms with Crippen molar-refractivity contribution in [3.8, 4) is 11.3 Å². The van der Waals surface area contributed by atoms with Crippen LogP contribution in [-0.4, -0.2) is 29.2 Å². The highest BCUT2D eigenvalue weighted by molar-refractivity contribution is 5.85. The van der Waals surface area contributed by atoms with E-state index in [1.807, 2.05) is 30.3 Å². The minimum Gasteiger partial charge on any atom is -0.356 e. The van der Waals surface area contributed by atoms with Gasteiger partial charge in [-0.2, -0.15) is 0 Å². The number of aromatic nitrogens is 1. The van der Waals surface area contributed by atoms with E-state index in [0.717, 1.165) is 42.6 Å². The van der Waals surface area contributed by atoms with Gasteiger partial charge in [0.25, 0.3) is 0 Å². The summed E-state index contributed by atoms with van der Waals surface area (Å²) in [6.07, 6.45) is 3.82. The minimum atomic E-state index is 0. The number of likely N-dealkylation sites (tertiary alicyclic amines) is 1. The standard InChI is InChI=1S/C18H23N3O.ClH/c19-17-8-4-7-14-10-21(12-16(14)17)11-15-9-18(22-20-15)13-5-2-1-3-6-13;/h1-3,5-6,9,14,16-17H,4,7-8,10-12,19H2;1H. The molecule has 3 unspecified atom stereocenters. The smallest absolute Gasteiger partial charge is 0.167 e. The van der Waals surface area contributed by atoms with Gasteiger partial charge in [0.15, 0.2) is 5.76 Å². The highest BCUT2D eigenvalue weighted by atomic mass is 35.5. The maximum atomic E-state index is 6.29. The molecule has 4 rings (SSSR count). The normalized spacial score (nSPS) is 27.4. The van der Waals surface area contributed by atoms with Gasteiger partial charge in [-0.1, -0.05) is 41.9 Å². The van der Waals surface area contributed by atoms with E-state index in [4.69, 9.17) is 10.3 Å². The molecule has 1 saturated carbocycles. The Morgan fingerprint density at radius 1 is 1.17 bits per heavy atom. The van der Waals surface area contributed by atoms with Gasteiger partial charge in [-0.05, 0) is 24.7 Å². The summed E-state index contributed by atoms with van der Waals surface area (Å²) >= 11 is 0. The molecule has 1 aliphatic carbocycles. The van der Waals surface area contributed by atoms with Crippen molar-refractivity contribution in [2.45, 2.75) is 31.8 Å². The van der Waals surface area contributed by atoms with Crippen LogP contribution in [-0.2, 0) is 6.54 Å². The lowest BCUT2D eigenvalue weighted by Crippen LogP contribution is -2.38. The number of nitrogens with zero attached hydrogens (tertiary/aromatic N) is 2. The van der Waals surface area contributed by atoms with Crippen LogP contribution in [0.4, 0.5) is 0 Å². The molecular weight excluding hydrogens is 310 g/mol. The highest BCUT2D eigenvalue weighted by Gasteiger charge is 2.38. The number of rotatable bonds is 3. The van der Waals surface area contributed by atoms with E-state index in [1.54, 1.807) is 0 Å². The molecule has 0 spiro atoms. The van der Waals surface area contributed by atoms with Crippen molar-refractivity contribution < 1.29 is 4.52 Å². The molecule has 2 aliphatic rings. The topological polar surface area (TPSA) is 55.3 Å². The highest BCUT2D eigenvalue weighted by Crippen LogP contribution is 2.36. The minimum absolute atomic E-state index is 0. The molecule has 4 nitrogen and oxygen atoms in total. The molecule has 1 aromatic carbocycles. The van der Waals surface area contributed by atoms with Crippen molar-refractivity contribution >= 4 is 12.4 Å². The van der Waals surface area contributed by atoms with Gasteiger partial charge >= 0.3 is 0 Å². The van der Waals surface area contributed by atoms with Gasteiger partial charge in [-0.25, -0.2) is 0 Å². The van der Waals surface area contributed by atoms with E-state index in [-0.39, 0.29) is 12.4 Å². The lowest BCUT2D eigenvalue weighted by Gasteiger charge is -2.29. The van der Waals surface area contributed by atoms with Crippen LogP contribution < -0.4 is 5.73 Å². The van der Waals surface area contributed by atoms with Gasteiger partial charge in [0, 0.05) is 37.3 Å². The molecule has 3 atom stereocenters. The number of hydrogen-bond donors (Lipinski definition) is 1. The summed E-state index contributed by atoms with van der Waals surface area (Å²) in [6, 6.07) is 12.6. The second-order valence-electron chi connectivity index (χ2n) is 6.76. The molecule has 5 heteroatoms. The molecule has 0 radical (unpaired) electrons. The Morgan fingerprint density at radius 3 is 2.78 bits per heavy atom. The largest absolute Gasteiger partial charge is 0.356 e. The van der Waals surface area contributed by atoms with E-state index in [1.165, 1.54) is 19.3 Å². The third kappa shape index (κ3) is 3.44. The van der Waals surface area contributed by atoms with Crippen LogP contribution in [0.25, 0.3) is 11.3 Å². The zero-order valence-electron chi connectivity index (χ0n) is 13.2. The Morgan fingerprint density at radius 2 is 2.00 bits per heavy atom. The average molecular weight is 334 g/mol. The fraction of sp³-hybridized carbons (Fsp3) is 0.500. The number of halogens is 1. The molecule has 2 heterocycles. The van der Waals surface area contributed by atoms with Gasteiger partial charge in [0.05, 0.1) is 5.69 Å². The quantitative estimate of drug-likeness (QED) is 0.936. The van der Waals surface area contributed by atoms with Crippen molar-refractivity contribution in [2.75, 3.05) is 13.1 Å². The molecular formula is C18H24ClN3O. The average Bonchev–Trinajstić information content (AvgIpc) is 3.16. The van der Waals surface area contributed by atoms with Crippen LogP contribution in [0.1, 0.15) is 25.0 Å². The Labute approximate surface area is 143 Å². The van der Waals surface area contributed by atoms with E-state index in [2.05, 4.69) is 16.1 Å². The van der Waals surface area contributed by atoms with E-state index in [9.17, 15) is 0 Å². The molecule has 1 aliphatic heterocycles. The van der Waals surface area contributed by atoms with Crippen LogP contribution >= 0.6 is 12.4 Å². The SMILES string of the molecule is Cl.NC1CCCC2CN(Cc3cc(-c4ccccc4)on3)CC12. The molecule has 0 bridgehead atoms. The zero-order chi connectivity index (χ0) is 14.9. The molecule has 0 amide bonds. The van der Waals surface area contributed by atoms with Gasteiger partial charge in [-0.15, -0.1) is 12.4 Å². The number of fused-ring (bicyclic) bond motifs is 1. The van der Waals surface area contributed by atoms with Crippen LogP contribution in [0, 0.1) is 11.8 Å².